The molecule has 2 aromatic rings. The van der Waals surface area contributed by atoms with Crippen molar-refractivity contribution in [3.63, 3.8) is 0 Å². The Bertz CT molecular complexity index is 569. The summed E-state index contributed by atoms with van der Waals surface area (Å²) in [6.07, 6.45) is 2.77. The van der Waals surface area contributed by atoms with E-state index in [0.29, 0.717) is 22.4 Å². The molecule has 108 valence electrons. The molecule has 1 heterocycles. The molecular weight excluding hydrogens is 276 g/mol. The maximum Gasteiger partial charge on any atom is 0.211 e. The molecule has 0 fully saturated rings. The van der Waals surface area contributed by atoms with Crippen LogP contribution in [0.1, 0.15) is 32.2 Å². The lowest BCUT2D eigenvalue weighted by atomic mass is 10.1. The number of halogens is 1. The van der Waals surface area contributed by atoms with Crippen LogP contribution in [0.15, 0.2) is 28.8 Å². The van der Waals surface area contributed by atoms with Crippen LogP contribution in [0, 0.1) is 0 Å². The number of benzene rings is 1. The minimum Gasteiger partial charge on any atom is -0.496 e. The molecule has 5 heteroatoms. The van der Waals surface area contributed by atoms with Gasteiger partial charge in [-0.15, -0.1) is 0 Å². The fourth-order valence-corrected chi connectivity index (χ4v) is 2.11. The van der Waals surface area contributed by atoms with Crippen LogP contribution < -0.4 is 10.1 Å². The highest BCUT2D eigenvalue weighted by Gasteiger charge is 2.15. The van der Waals surface area contributed by atoms with E-state index >= 15 is 0 Å². The molecule has 0 saturated heterocycles. The molecule has 0 saturated carbocycles. The molecule has 1 atom stereocenters. The largest absolute Gasteiger partial charge is 0.496 e. The van der Waals surface area contributed by atoms with Gasteiger partial charge in [0.25, 0.3) is 0 Å². The van der Waals surface area contributed by atoms with Gasteiger partial charge in [0.2, 0.25) is 5.89 Å². The highest BCUT2D eigenvalue weighted by atomic mass is 35.5. The third-order valence-electron chi connectivity index (χ3n) is 3.02. The van der Waals surface area contributed by atoms with Crippen LogP contribution in [0.5, 0.6) is 5.75 Å². The number of aromatic nitrogens is 1. The number of rotatable bonds is 6. The number of hydrogen-bond donors (Lipinski definition) is 1. The highest BCUT2D eigenvalue weighted by molar-refractivity contribution is 6.30. The average molecular weight is 295 g/mol. The van der Waals surface area contributed by atoms with Gasteiger partial charge >= 0.3 is 0 Å². The first-order valence-corrected chi connectivity index (χ1v) is 7.06. The highest BCUT2D eigenvalue weighted by Crippen LogP contribution is 2.33. The quantitative estimate of drug-likeness (QED) is 0.872. The van der Waals surface area contributed by atoms with Gasteiger partial charge < -0.3 is 14.5 Å². The van der Waals surface area contributed by atoms with E-state index in [4.69, 9.17) is 20.8 Å². The lowest BCUT2D eigenvalue weighted by molar-refractivity contribution is 0.407. The predicted molar refractivity (Wildman–Crippen MR) is 80.2 cm³/mol. The van der Waals surface area contributed by atoms with Gasteiger partial charge in [0.05, 0.1) is 24.9 Å². The van der Waals surface area contributed by atoms with Gasteiger partial charge in [0.1, 0.15) is 5.75 Å². The molecular formula is C15H19ClN2O2. The standard InChI is InChI=1S/C15H19ClN2O2/c1-4-7-17-10(2)15-18-9-14(20-15)12-8-11(16)5-6-13(12)19-3/h5-6,8-10,17H,4,7H2,1-3H3. The van der Waals surface area contributed by atoms with Crippen LogP contribution in [0.4, 0.5) is 0 Å². The van der Waals surface area contributed by atoms with Crippen molar-refractivity contribution in [1.82, 2.24) is 10.3 Å². The number of nitrogens with zero attached hydrogens (tertiary/aromatic N) is 1. The van der Waals surface area contributed by atoms with Gasteiger partial charge in [-0.2, -0.15) is 0 Å². The maximum atomic E-state index is 6.03. The molecule has 0 spiro atoms. The van der Waals surface area contributed by atoms with E-state index in [9.17, 15) is 0 Å². The van der Waals surface area contributed by atoms with Gasteiger partial charge in [0.15, 0.2) is 5.76 Å². The molecule has 0 amide bonds. The Morgan fingerprint density at radius 1 is 1.45 bits per heavy atom. The Kier molecular flexibility index (Phi) is 5.04. The number of methoxy groups -OCH3 is 1. The van der Waals surface area contributed by atoms with Crippen molar-refractivity contribution in [1.29, 1.82) is 0 Å². The fraction of sp³-hybridized carbons (Fsp3) is 0.400. The Labute approximate surface area is 124 Å². The maximum absolute atomic E-state index is 6.03. The van der Waals surface area contributed by atoms with E-state index in [2.05, 4.69) is 17.2 Å². The van der Waals surface area contributed by atoms with E-state index in [1.54, 1.807) is 19.4 Å². The average Bonchev–Trinajstić information content (AvgIpc) is 2.94. The Hall–Kier alpha value is -1.52. The van der Waals surface area contributed by atoms with Crippen LogP contribution in [-0.2, 0) is 0 Å². The summed E-state index contributed by atoms with van der Waals surface area (Å²) < 4.78 is 11.1. The van der Waals surface area contributed by atoms with Crippen LogP contribution in [-0.4, -0.2) is 18.6 Å². The smallest absolute Gasteiger partial charge is 0.211 e. The lowest BCUT2D eigenvalue weighted by Crippen LogP contribution is -2.19. The minimum atomic E-state index is 0.0777. The first-order valence-electron chi connectivity index (χ1n) is 6.68. The molecule has 0 bridgehead atoms. The van der Waals surface area contributed by atoms with Crippen molar-refractivity contribution < 1.29 is 9.15 Å². The molecule has 1 aromatic carbocycles. The number of hydrogen-bond acceptors (Lipinski definition) is 4. The van der Waals surface area contributed by atoms with Crippen molar-refractivity contribution in [3.8, 4) is 17.1 Å². The van der Waals surface area contributed by atoms with Gasteiger partial charge in [-0.1, -0.05) is 18.5 Å². The zero-order valence-electron chi connectivity index (χ0n) is 11.9. The van der Waals surface area contributed by atoms with Crippen molar-refractivity contribution in [2.75, 3.05) is 13.7 Å². The Morgan fingerprint density at radius 2 is 2.25 bits per heavy atom. The second-order valence-corrected chi connectivity index (χ2v) is 5.02. The molecule has 0 aliphatic heterocycles. The lowest BCUT2D eigenvalue weighted by Gasteiger charge is -2.09. The molecule has 4 nitrogen and oxygen atoms in total. The normalized spacial score (nSPS) is 12.4. The summed E-state index contributed by atoms with van der Waals surface area (Å²) in [6, 6.07) is 5.49. The zero-order chi connectivity index (χ0) is 14.5. The monoisotopic (exact) mass is 294 g/mol. The molecule has 0 aliphatic rings. The van der Waals surface area contributed by atoms with Crippen LogP contribution >= 0.6 is 11.6 Å². The molecule has 0 radical (unpaired) electrons. The van der Waals surface area contributed by atoms with E-state index in [1.807, 2.05) is 19.1 Å². The van der Waals surface area contributed by atoms with Crippen LogP contribution in [0.2, 0.25) is 5.02 Å². The zero-order valence-corrected chi connectivity index (χ0v) is 12.7. The minimum absolute atomic E-state index is 0.0777. The SMILES string of the molecule is CCCNC(C)c1ncc(-c2cc(Cl)ccc2OC)o1. The molecule has 1 unspecified atom stereocenters. The van der Waals surface area contributed by atoms with E-state index in [0.717, 1.165) is 18.5 Å². The van der Waals surface area contributed by atoms with Gasteiger partial charge in [-0.05, 0) is 38.1 Å². The molecule has 2 rings (SSSR count). The second-order valence-electron chi connectivity index (χ2n) is 4.58. The van der Waals surface area contributed by atoms with E-state index in [-0.39, 0.29) is 6.04 Å². The molecule has 1 N–H and O–H groups in total. The summed E-state index contributed by atoms with van der Waals surface area (Å²) in [7, 11) is 1.62. The number of oxazole rings is 1. The van der Waals surface area contributed by atoms with Crippen LogP contribution in [0.25, 0.3) is 11.3 Å². The third kappa shape index (κ3) is 3.32. The topological polar surface area (TPSA) is 47.3 Å². The first-order chi connectivity index (χ1) is 9.65. The van der Waals surface area contributed by atoms with Gasteiger partial charge in [0, 0.05) is 5.02 Å². The second kappa shape index (κ2) is 6.77. The Balaban J connectivity index is 2.26. The number of ether oxygens (including phenoxy) is 1. The summed E-state index contributed by atoms with van der Waals surface area (Å²) in [5.41, 5.74) is 0.807. The molecule has 1 aromatic heterocycles. The van der Waals surface area contributed by atoms with Crippen molar-refractivity contribution in [2.24, 2.45) is 0 Å². The summed E-state index contributed by atoms with van der Waals surface area (Å²) in [5.74, 6) is 2.03. The third-order valence-corrected chi connectivity index (χ3v) is 3.26. The molecule has 20 heavy (non-hydrogen) atoms. The summed E-state index contributed by atoms with van der Waals surface area (Å²) in [6.45, 7) is 5.08. The fourth-order valence-electron chi connectivity index (χ4n) is 1.93. The van der Waals surface area contributed by atoms with Crippen molar-refractivity contribution in [2.45, 2.75) is 26.3 Å². The number of nitrogens with one attached hydrogen (secondary N) is 1. The van der Waals surface area contributed by atoms with Crippen molar-refractivity contribution >= 4 is 11.6 Å². The summed E-state index contributed by atoms with van der Waals surface area (Å²) in [5, 5.41) is 3.97. The Morgan fingerprint density at radius 3 is 2.95 bits per heavy atom. The van der Waals surface area contributed by atoms with Gasteiger partial charge in [-0.3, -0.25) is 0 Å². The van der Waals surface area contributed by atoms with E-state index < -0.39 is 0 Å². The van der Waals surface area contributed by atoms with Gasteiger partial charge in [-0.25, -0.2) is 4.98 Å². The van der Waals surface area contributed by atoms with E-state index in [1.165, 1.54) is 0 Å². The molecule has 0 aliphatic carbocycles. The summed E-state index contributed by atoms with van der Waals surface area (Å²) in [4.78, 5) is 4.32. The summed E-state index contributed by atoms with van der Waals surface area (Å²) >= 11 is 6.03. The van der Waals surface area contributed by atoms with Crippen LogP contribution in [0.3, 0.4) is 0 Å². The first kappa shape index (κ1) is 14.9. The predicted octanol–water partition coefficient (Wildman–Crippen LogP) is 4.06. The van der Waals surface area contributed by atoms with Crippen molar-refractivity contribution in [3.05, 3.63) is 35.3 Å².